The lowest BCUT2D eigenvalue weighted by Crippen LogP contribution is -2.52. The molecule has 1 aromatic rings. The summed E-state index contributed by atoms with van der Waals surface area (Å²) in [5, 5.41) is 8.82. The number of urea groups is 1. The van der Waals surface area contributed by atoms with Gasteiger partial charge in [-0.2, -0.15) is 0 Å². The number of anilines is 1. The monoisotopic (exact) mass is 318 g/mol. The molecule has 2 rings (SSSR count). The molecule has 1 aromatic carbocycles. The predicted octanol–water partition coefficient (Wildman–Crippen LogP) is 1.58. The summed E-state index contributed by atoms with van der Waals surface area (Å²) in [6, 6.07) is 7.47. The minimum absolute atomic E-state index is 0.153. The number of nitrogens with zero attached hydrogens (tertiary/aromatic N) is 1. The minimum atomic E-state index is -0.203. The Hall–Kier alpha value is -2.08. The molecule has 0 spiro atoms. The van der Waals surface area contributed by atoms with E-state index in [0.717, 1.165) is 37.3 Å². The standard InChI is InChI=1S/C17H26N4O2/c1-3-8-19-17(23)20-15-6-4-14(5-7-15)11-16(22)21-10-9-18-12-13(21)2/h4-7,13,18H,3,8-12H2,1-2H3,(H2,19,20,23)/t13-/m0/s1. The minimum Gasteiger partial charge on any atom is -0.338 e. The van der Waals surface area contributed by atoms with Gasteiger partial charge in [-0.15, -0.1) is 0 Å². The fraction of sp³-hybridized carbons (Fsp3) is 0.529. The summed E-state index contributed by atoms with van der Waals surface area (Å²) < 4.78 is 0. The van der Waals surface area contributed by atoms with E-state index in [2.05, 4.69) is 22.9 Å². The first-order chi connectivity index (χ1) is 11.1. The molecule has 3 N–H and O–H groups in total. The largest absolute Gasteiger partial charge is 0.338 e. The molecule has 0 radical (unpaired) electrons. The molecule has 0 aromatic heterocycles. The Kier molecular flexibility index (Phi) is 6.40. The van der Waals surface area contributed by atoms with Crippen molar-refractivity contribution in [1.29, 1.82) is 0 Å². The highest BCUT2D eigenvalue weighted by Gasteiger charge is 2.22. The topological polar surface area (TPSA) is 73.5 Å². The summed E-state index contributed by atoms with van der Waals surface area (Å²) in [6.45, 7) is 7.18. The molecule has 23 heavy (non-hydrogen) atoms. The number of carbonyl (C=O) groups is 2. The third-order valence-electron chi connectivity index (χ3n) is 3.92. The highest BCUT2D eigenvalue weighted by atomic mass is 16.2. The number of hydrogen-bond donors (Lipinski definition) is 3. The van der Waals surface area contributed by atoms with Crippen molar-refractivity contribution in [3.63, 3.8) is 0 Å². The zero-order valence-corrected chi connectivity index (χ0v) is 13.9. The van der Waals surface area contributed by atoms with Crippen LogP contribution in [0.1, 0.15) is 25.8 Å². The zero-order chi connectivity index (χ0) is 16.7. The molecule has 0 aliphatic carbocycles. The van der Waals surface area contributed by atoms with Crippen LogP contribution >= 0.6 is 0 Å². The number of amides is 3. The van der Waals surface area contributed by atoms with Gasteiger partial charge < -0.3 is 20.9 Å². The quantitative estimate of drug-likeness (QED) is 0.772. The Balaban J connectivity index is 1.87. The van der Waals surface area contributed by atoms with Crippen LogP contribution in [0.4, 0.5) is 10.5 Å². The number of nitrogens with one attached hydrogen (secondary N) is 3. The molecule has 1 aliphatic heterocycles. The third-order valence-corrected chi connectivity index (χ3v) is 3.92. The molecule has 6 heteroatoms. The van der Waals surface area contributed by atoms with Crippen molar-refractivity contribution in [1.82, 2.24) is 15.5 Å². The van der Waals surface area contributed by atoms with E-state index in [0.29, 0.717) is 13.0 Å². The second-order valence-corrected chi connectivity index (χ2v) is 5.89. The smallest absolute Gasteiger partial charge is 0.319 e. The average molecular weight is 318 g/mol. The van der Waals surface area contributed by atoms with E-state index in [4.69, 9.17) is 0 Å². The van der Waals surface area contributed by atoms with E-state index < -0.39 is 0 Å². The Labute approximate surface area is 137 Å². The molecule has 6 nitrogen and oxygen atoms in total. The summed E-state index contributed by atoms with van der Waals surface area (Å²) in [5.74, 6) is 0.153. The first-order valence-corrected chi connectivity index (χ1v) is 8.24. The van der Waals surface area contributed by atoms with Crippen molar-refractivity contribution in [2.75, 3.05) is 31.5 Å². The molecular formula is C17H26N4O2. The maximum Gasteiger partial charge on any atom is 0.319 e. The lowest BCUT2D eigenvalue weighted by Gasteiger charge is -2.34. The molecule has 0 bridgehead atoms. The highest BCUT2D eigenvalue weighted by Crippen LogP contribution is 2.12. The molecule has 1 atom stereocenters. The predicted molar refractivity (Wildman–Crippen MR) is 91.5 cm³/mol. The summed E-state index contributed by atoms with van der Waals surface area (Å²) in [4.78, 5) is 25.9. The van der Waals surface area contributed by atoms with E-state index in [1.807, 2.05) is 36.1 Å². The Morgan fingerprint density at radius 2 is 2.04 bits per heavy atom. The van der Waals surface area contributed by atoms with Gasteiger partial charge >= 0.3 is 6.03 Å². The van der Waals surface area contributed by atoms with Gasteiger partial charge in [0.05, 0.1) is 6.42 Å². The lowest BCUT2D eigenvalue weighted by atomic mass is 10.1. The first-order valence-electron chi connectivity index (χ1n) is 8.24. The average Bonchev–Trinajstić information content (AvgIpc) is 2.55. The van der Waals surface area contributed by atoms with Gasteiger partial charge in [-0.05, 0) is 31.0 Å². The molecule has 0 saturated carbocycles. The Morgan fingerprint density at radius 3 is 2.70 bits per heavy atom. The fourth-order valence-corrected chi connectivity index (χ4v) is 2.61. The molecule has 1 aliphatic rings. The van der Waals surface area contributed by atoms with E-state index >= 15 is 0 Å². The second kappa shape index (κ2) is 8.53. The Morgan fingerprint density at radius 1 is 1.30 bits per heavy atom. The van der Waals surface area contributed by atoms with Gasteiger partial charge in [0.15, 0.2) is 0 Å². The molecule has 1 saturated heterocycles. The van der Waals surface area contributed by atoms with E-state index in [9.17, 15) is 9.59 Å². The molecule has 1 fully saturated rings. The van der Waals surface area contributed by atoms with Gasteiger partial charge in [-0.1, -0.05) is 19.1 Å². The van der Waals surface area contributed by atoms with E-state index in [-0.39, 0.29) is 18.0 Å². The van der Waals surface area contributed by atoms with Crippen molar-refractivity contribution in [3.05, 3.63) is 29.8 Å². The van der Waals surface area contributed by atoms with Gasteiger partial charge in [0.2, 0.25) is 5.91 Å². The van der Waals surface area contributed by atoms with Crippen molar-refractivity contribution in [2.45, 2.75) is 32.7 Å². The number of hydrogen-bond acceptors (Lipinski definition) is 3. The van der Waals surface area contributed by atoms with Crippen molar-refractivity contribution in [2.24, 2.45) is 0 Å². The van der Waals surface area contributed by atoms with Crippen LogP contribution in [0.5, 0.6) is 0 Å². The number of rotatable bonds is 5. The van der Waals surface area contributed by atoms with Crippen LogP contribution in [-0.4, -0.2) is 49.1 Å². The van der Waals surface area contributed by atoms with E-state index in [1.54, 1.807) is 0 Å². The van der Waals surface area contributed by atoms with Crippen molar-refractivity contribution in [3.8, 4) is 0 Å². The first kappa shape index (κ1) is 17.3. The number of benzene rings is 1. The van der Waals surface area contributed by atoms with Gasteiger partial charge in [0.1, 0.15) is 0 Å². The number of piperazine rings is 1. The van der Waals surface area contributed by atoms with Crippen LogP contribution in [0.25, 0.3) is 0 Å². The van der Waals surface area contributed by atoms with Crippen LogP contribution < -0.4 is 16.0 Å². The van der Waals surface area contributed by atoms with Crippen molar-refractivity contribution >= 4 is 17.6 Å². The third kappa shape index (κ3) is 5.25. The molecule has 1 heterocycles. The van der Waals surface area contributed by atoms with Gasteiger partial charge in [0.25, 0.3) is 0 Å². The van der Waals surface area contributed by atoms with Gasteiger partial charge in [-0.25, -0.2) is 4.79 Å². The van der Waals surface area contributed by atoms with Crippen LogP contribution in [0.3, 0.4) is 0 Å². The summed E-state index contributed by atoms with van der Waals surface area (Å²) in [6.07, 6.45) is 1.30. The van der Waals surface area contributed by atoms with Crippen molar-refractivity contribution < 1.29 is 9.59 Å². The van der Waals surface area contributed by atoms with Crippen LogP contribution in [0, 0.1) is 0 Å². The number of carbonyl (C=O) groups excluding carboxylic acids is 2. The molecule has 0 unspecified atom stereocenters. The molecular weight excluding hydrogens is 292 g/mol. The van der Waals surface area contributed by atoms with E-state index in [1.165, 1.54) is 0 Å². The van der Waals surface area contributed by atoms with Gasteiger partial charge in [-0.3, -0.25) is 4.79 Å². The normalized spacial score (nSPS) is 17.7. The zero-order valence-electron chi connectivity index (χ0n) is 13.9. The van der Waals surface area contributed by atoms with Crippen LogP contribution in [-0.2, 0) is 11.2 Å². The maximum absolute atomic E-state index is 12.4. The van der Waals surface area contributed by atoms with Gasteiger partial charge in [0, 0.05) is 37.9 Å². The summed E-state index contributed by atoms with van der Waals surface area (Å²) >= 11 is 0. The summed E-state index contributed by atoms with van der Waals surface area (Å²) in [7, 11) is 0. The summed E-state index contributed by atoms with van der Waals surface area (Å²) in [5.41, 5.74) is 1.69. The SMILES string of the molecule is CCCNC(=O)Nc1ccc(CC(=O)N2CCNC[C@@H]2C)cc1. The van der Waals surface area contributed by atoms with Crippen LogP contribution in [0.15, 0.2) is 24.3 Å². The molecule has 3 amide bonds. The maximum atomic E-state index is 12.4. The van der Waals surface area contributed by atoms with Crippen LogP contribution in [0.2, 0.25) is 0 Å². The lowest BCUT2D eigenvalue weighted by molar-refractivity contribution is -0.133. The fourth-order valence-electron chi connectivity index (χ4n) is 2.61. The second-order valence-electron chi connectivity index (χ2n) is 5.89. The molecule has 126 valence electrons. The Bertz CT molecular complexity index is 530. The highest BCUT2D eigenvalue weighted by molar-refractivity contribution is 5.89.